The predicted molar refractivity (Wildman–Crippen MR) is 47.7 cm³/mol. The molecule has 0 aromatic heterocycles. The number of hydrogen-bond acceptors (Lipinski definition) is 3. The van der Waals surface area contributed by atoms with Gasteiger partial charge in [0.15, 0.2) is 4.08 Å². The molecule has 0 spiro atoms. The van der Waals surface area contributed by atoms with E-state index in [1.807, 2.05) is 19.4 Å². The largest absolute Gasteiger partial charge is 0.480 e. The third-order valence-corrected chi connectivity index (χ3v) is 4.70. The molecule has 1 N–H and O–H groups in total. The molecule has 4 heteroatoms. The molecule has 10 heavy (non-hydrogen) atoms. The van der Waals surface area contributed by atoms with Crippen LogP contribution in [-0.4, -0.2) is 27.7 Å². The molecule has 0 saturated carbocycles. The SMILES string of the molecule is CCC(SC)(SC)C(=O)O. The lowest BCUT2D eigenvalue weighted by molar-refractivity contribution is -0.137. The minimum atomic E-state index is -0.727. The van der Waals surface area contributed by atoms with E-state index in [0.29, 0.717) is 6.42 Å². The van der Waals surface area contributed by atoms with E-state index in [0.717, 1.165) is 0 Å². The molecule has 0 radical (unpaired) electrons. The van der Waals surface area contributed by atoms with E-state index in [9.17, 15) is 4.79 Å². The molecule has 0 rings (SSSR count). The van der Waals surface area contributed by atoms with Crippen LogP contribution < -0.4 is 0 Å². The first-order valence-electron chi connectivity index (χ1n) is 2.96. The Kier molecular flexibility index (Phi) is 4.20. The van der Waals surface area contributed by atoms with E-state index >= 15 is 0 Å². The Hall–Kier alpha value is 0.170. The van der Waals surface area contributed by atoms with Gasteiger partial charge in [-0.15, -0.1) is 23.5 Å². The summed E-state index contributed by atoms with van der Waals surface area (Å²) in [6.45, 7) is 1.89. The predicted octanol–water partition coefficient (Wildman–Crippen LogP) is 1.90. The summed E-state index contributed by atoms with van der Waals surface area (Å²) in [5.41, 5.74) is 0. The maximum absolute atomic E-state index is 10.7. The first-order valence-corrected chi connectivity index (χ1v) is 5.41. The van der Waals surface area contributed by atoms with Gasteiger partial charge in [-0.3, -0.25) is 0 Å². The van der Waals surface area contributed by atoms with Crippen molar-refractivity contribution in [1.29, 1.82) is 0 Å². The monoisotopic (exact) mass is 180 g/mol. The van der Waals surface area contributed by atoms with Crippen LogP contribution >= 0.6 is 23.5 Å². The van der Waals surface area contributed by atoms with Crippen LogP contribution in [0.2, 0.25) is 0 Å². The quantitative estimate of drug-likeness (QED) is 0.670. The lowest BCUT2D eigenvalue weighted by atomic mass is 10.3. The number of carboxylic acids is 1. The van der Waals surface area contributed by atoms with E-state index < -0.39 is 10.0 Å². The maximum atomic E-state index is 10.7. The minimum absolute atomic E-state index is 0.625. The second-order valence-corrected chi connectivity index (χ2v) is 4.29. The number of hydrogen-bond donors (Lipinski definition) is 1. The molecule has 0 saturated heterocycles. The average molecular weight is 180 g/mol. The Morgan fingerprint density at radius 3 is 1.90 bits per heavy atom. The summed E-state index contributed by atoms with van der Waals surface area (Å²) >= 11 is 2.78. The number of rotatable bonds is 4. The molecular weight excluding hydrogens is 168 g/mol. The zero-order valence-corrected chi connectivity index (χ0v) is 8.01. The Morgan fingerprint density at radius 2 is 1.90 bits per heavy atom. The summed E-state index contributed by atoms with van der Waals surface area (Å²) in [5, 5.41) is 8.78. The fraction of sp³-hybridized carbons (Fsp3) is 0.833. The first kappa shape index (κ1) is 10.2. The average Bonchev–Trinajstić information content (AvgIpc) is 1.92. The van der Waals surface area contributed by atoms with Crippen LogP contribution in [0.4, 0.5) is 0 Å². The van der Waals surface area contributed by atoms with E-state index in [4.69, 9.17) is 5.11 Å². The van der Waals surface area contributed by atoms with Crippen LogP contribution in [0.25, 0.3) is 0 Å². The molecule has 0 aliphatic heterocycles. The molecular formula is C6H12O2S2. The molecule has 0 amide bonds. The maximum Gasteiger partial charge on any atom is 0.330 e. The molecule has 0 aromatic carbocycles. The normalized spacial score (nSPS) is 11.5. The third-order valence-electron chi connectivity index (χ3n) is 1.45. The molecule has 0 bridgehead atoms. The minimum Gasteiger partial charge on any atom is -0.480 e. The summed E-state index contributed by atoms with van der Waals surface area (Å²) in [5.74, 6) is -0.727. The fourth-order valence-electron chi connectivity index (χ4n) is 0.698. The standard InChI is InChI=1S/C6H12O2S2/c1-4-6(9-2,10-3)5(7)8/h4H2,1-3H3,(H,7,8). The molecule has 0 unspecified atom stereocenters. The second kappa shape index (κ2) is 4.13. The van der Waals surface area contributed by atoms with Gasteiger partial charge in [0.2, 0.25) is 0 Å². The summed E-state index contributed by atoms with van der Waals surface area (Å²) in [4.78, 5) is 10.7. The number of carbonyl (C=O) groups is 1. The number of carboxylic acid groups (broad SMARTS) is 1. The van der Waals surface area contributed by atoms with Crippen molar-refractivity contribution >= 4 is 29.5 Å². The molecule has 0 heterocycles. The van der Waals surface area contributed by atoms with E-state index in [-0.39, 0.29) is 0 Å². The summed E-state index contributed by atoms with van der Waals surface area (Å²) < 4.78 is -0.625. The highest BCUT2D eigenvalue weighted by molar-refractivity contribution is 8.18. The molecule has 60 valence electrons. The van der Waals surface area contributed by atoms with Gasteiger partial charge in [0.05, 0.1) is 0 Å². The Balaban J connectivity index is 4.31. The van der Waals surface area contributed by atoms with Crippen LogP contribution in [-0.2, 0) is 4.79 Å². The molecule has 2 nitrogen and oxygen atoms in total. The van der Waals surface area contributed by atoms with Crippen molar-refractivity contribution in [2.24, 2.45) is 0 Å². The van der Waals surface area contributed by atoms with E-state index in [1.54, 1.807) is 0 Å². The topological polar surface area (TPSA) is 37.3 Å². The van der Waals surface area contributed by atoms with E-state index in [1.165, 1.54) is 23.5 Å². The zero-order chi connectivity index (χ0) is 8.20. The Labute approximate surface area is 69.8 Å². The summed E-state index contributed by atoms with van der Waals surface area (Å²) in [6.07, 6.45) is 4.31. The smallest absolute Gasteiger partial charge is 0.330 e. The number of aliphatic carboxylic acids is 1. The molecule has 0 aliphatic carbocycles. The lowest BCUT2D eigenvalue weighted by Gasteiger charge is -2.22. The third kappa shape index (κ3) is 1.83. The molecule has 0 aliphatic rings. The van der Waals surface area contributed by atoms with Crippen molar-refractivity contribution in [3.8, 4) is 0 Å². The highest BCUT2D eigenvalue weighted by Gasteiger charge is 2.34. The van der Waals surface area contributed by atoms with Gasteiger partial charge < -0.3 is 5.11 Å². The highest BCUT2D eigenvalue weighted by atomic mass is 32.2. The van der Waals surface area contributed by atoms with Gasteiger partial charge >= 0.3 is 5.97 Å². The van der Waals surface area contributed by atoms with Crippen molar-refractivity contribution < 1.29 is 9.90 Å². The van der Waals surface area contributed by atoms with Gasteiger partial charge in [-0.05, 0) is 18.9 Å². The van der Waals surface area contributed by atoms with Gasteiger partial charge in [0.25, 0.3) is 0 Å². The fourth-order valence-corrected chi connectivity index (χ4v) is 2.29. The summed E-state index contributed by atoms with van der Waals surface area (Å²) in [7, 11) is 0. The molecule has 0 fully saturated rings. The zero-order valence-electron chi connectivity index (χ0n) is 6.38. The lowest BCUT2D eigenvalue weighted by Crippen LogP contribution is -2.29. The van der Waals surface area contributed by atoms with Crippen LogP contribution in [0.5, 0.6) is 0 Å². The van der Waals surface area contributed by atoms with Gasteiger partial charge in [-0.1, -0.05) is 6.92 Å². The molecule has 0 aromatic rings. The van der Waals surface area contributed by atoms with Crippen molar-refractivity contribution in [2.45, 2.75) is 17.4 Å². The van der Waals surface area contributed by atoms with Gasteiger partial charge in [0.1, 0.15) is 0 Å². The van der Waals surface area contributed by atoms with Gasteiger partial charge in [-0.2, -0.15) is 0 Å². The Bertz CT molecular complexity index is 113. The number of thioether (sulfide) groups is 2. The van der Waals surface area contributed by atoms with Crippen LogP contribution in [0, 0.1) is 0 Å². The first-order chi connectivity index (χ1) is 4.63. The van der Waals surface area contributed by atoms with E-state index in [2.05, 4.69) is 0 Å². The summed E-state index contributed by atoms with van der Waals surface area (Å²) in [6, 6.07) is 0. The van der Waals surface area contributed by atoms with Crippen molar-refractivity contribution in [3.63, 3.8) is 0 Å². The Morgan fingerprint density at radius 1 is 1.50 bits per heavy atom. The van der Waals surface area contributed by atoms with Crippen molar-refractivity contribution in [2.75, 3.05) is 12.5 Å². The van der Waals surface area contributed by atoms with Crippen LogP contribution in [0.3, 0.4) is 0 Å². The van der Waals surface area contributed by atoms with Gasteiger partial charge in [0, 0.05) is 0 Å². The van der Waals surface area contributed by atoms with Crippen LogP contribution in [0.1, 0.15) is 13.3 Å². The van der Waals surface area contributed by atoms with Gasteiger partial charge in [-0.25, -0.2) is 4.79 Å². The van der Waals surface area contributed by atoms with Crippen molar-refractivity contribution in [1.82, 2.24) is 0 Å². The highest BCUT2D eigenvalue weighted by Crippen LogP contribution is 2.36. The second-order valence-electron chi connectivity index (χ2n) is 1.82. The van der Waals surface area contributed by atoms with Crippen LogP contribution in [0.15, 0.2) is 0 Å². The van der Waals surface area contributed by atoms with Crippen molar-refractivity contribution in [3.05, 3.63) is 0 Å². The molecule has 0 atom stereocenters.